The van der Waals surface area contributed by atoms with Crippen LogP contribution in [0, 0.1) is 0 Å². The molecule has 0 radical (unpaired) electrons. The van der Waals surface area contributed by atoms with E-state index >= 15 is 0 Å². The first-order valence-electron chi connectivity index (χ1n) is 20.3. The van der Waals surface area contributed by atoms with Crippen molar-refractivity contribution >= 4 is 24.0 Å². The van der Waals surface area contributed by atoms with Crippen LogP contribution >= 0.6 is 0 Å². The van der Waals surface area contributed by atoms with Crippen LogP contribution in [0.4, 0.5) is 9.59 Å². The van der Waals surface area contributed by atoms with Gasteiger partial charge in [-0.1, -0.05) is 48.5 Å². The number of likely N-dealkylation sites (tertiary alicyclic amines) is 2. The Hall–Kier alpha value is -5.82. The summed E-state index contributed by atoms with van der Waals surface area (Å²) in [6.07, 6.45) is 1.25. The van der Waals surface area contributed by atoms with Crippen LogP contribution in [0.25, 0.3) is 33.6 Å². The van der Waals surface area contributed by atoms with Gasteiger partial charge in [0.15, 0.2) is 6.29 Å². The molecule has 2 saturated heterocycles. The minimum absolute atomic E-state index is 0.264. The van der Waals surface area contributed by atoms with Crippen molar-refractivity contribution in [2.24, 2.45) is 0 Å². The Morgan fingerprint density at radius 3 is 1.74 bits per heavy atom. The summed E-state index contributed by atoms with van der Waals surface area (Å²) in [7, 11) is 7.31. The lowest BCUT2D eigenvalue weighted by Gasteiger charge is -2.30. The van der Waals surface area contributed by atoms with E-state index in [0.717, 1.165) is 52.9 Å². The van der Waals surface area contributed by atoms with E-state index in [2.05, 4.69) is 20.6 Å². The Kier molecular flexibility index (Phi) is 14.8. The van der Waals surface area contributed by atoms with E-state index < -0.39 is 48.8 Å². The van der Waals surface area contributed by atoms with Crippen molar-refractivity contribution in [1.29, 1.82) is 0 Å². The van der Waals surface area contributed by atoms with Crippen LogP contribution < -0.4 is 10.6 Å². The summed E-state index contributed by atoms with van der Waals surface area (Å²) < 4.78 is 26.6. The molecule has 2 aliphatic rings. The van der Waals surface area contributed by atoms with Crippen molar-refractivity contribution < 1.29 is 48.0 Å². The van der Waals surface area contributed by atoms with Crippen molar-refractivity contribution in [1.82, 2.24) is 40.4 Å². The van der Waals surface area contributed by atoms with Gasteiger partial charge in [0.05, 0.1) is 48.5 Å². The lowest BCUT2D eigenvalue weighted by atomic mass is 10.0. The van der Waals surface area contributed by atoms with Crippen LogP contribution in [-0.2, 0) is 39.7 Å². The van der Waals surface area contributed by atoms with Gasteiger partial charge in [-0.05, 0) is 56.2 Å². The molecule has 2 fully saturated rings. The number of carbonyl (C=O) groups excluding carboxylic acids is 3. The van der Waals surface area contributed by atoms with E-state index in [0.29, 0.717) is 43.3 Å². The number of carboxylic acid groups (broad SMARTS) is 1. The average molecular weight is 845 g/mol. The van der Waals surface area contributed by atoms with Crippen LogP contribution in [0.5, 0.6) is 0 Å². The maximum Gasteiger partial charge on any atom is 0.407 e. The molecule has 0 unspecified atom stereocenters. The molecule has 6 atom stereocenters. The number of nitrogens with zero attached hydrogens (tertiary/aromatic N) is 4. The number of benzene rings is 2. The highest BCUT2D eigenvalue weighted by Gasteiger charge is 2.40. The molecule has 61 heavy (non-hydrogen) atoms. The zero-order valence-corrected chi connectivity index (χ0v) is 35.6. The molecule has 5 N–H and O–H groups in total. The number of methoxy groups -OCH3 is 5. The van der Waals surface area contributed by atoms with Crippen molar-refractivity contribution in [2.45, 2.75) is 88.6 Å². The Morgan fingerprint density at radius 1 is 0.721 bits per heavy atom. The number of hydrogen-bond donors (Lipinski definition) is 5. The lowest BCUT2D eigenvalue weighted by molar-refractivity contribution is -0.138. The Labute approximate surface area is 354 Å². The molecule has 4 amide bonds. The predicted molar refractivity (Wildman–Crippen MR) is 223 cm³/mol. The minimum atomic E-state index is -1.31. The predicted octanol–water partition coefficient (Wildman–Crippen LogP) is 5.05. The van der Waals surface area contributed by atoms with Gasteiger partial charge in [-0.25, -0.2) is 19.6 Å². The second-order valence-corrected chi connectivity index (χ2v) is 15.2. The number of aromatic amines is 2. The van der Waals surface area contributed by atoms with E-state index in [4.69, 9.17) is 33.7 Å². The van der Waals surface area contributed by atoms with Gasteiger partial charge >= 0.3 is 12.2 Å². The normalized spacial score (nSPS) is 18.5. The van der Waals surface area contributed by atoms with E-state index in [1.54, 1.807) is 37.9 Å². The second-order valence-electron chi connectivity index (χ2n) is 15.2. The monoisotopic (exact) mass is 844 g/mol. The standard InChI is InChI=1S/C43H56N8O10/c1-24(57-3)35(48-42(54)55)40(52)51-21-9-11-33(51)39-45-30(22-34(59-5)60-6)37(47-39)29-18-14-27(15-19-29)26-12-16-28(17-13-26)31-23-44-38(46-31)32-10-8-20-50(32)41(53)36(25(2)58-4)49-43(56)61-7/h12-19,23-25,32-36,48H,8-11,20-22H2,1-7H3,(H,44,46)(H,45,47)(H,49,56)(H,54,55)/t24-,25-,32+,33+,35+,36+/m1/s1. The number of aromatic nitrogens is 4. The molecular weight excluding hydrogens is 789 g/mol. The number of nitrogens with one attached hydrogen (secondary N) is 4. The largest absolute Gasteiger partial charge is 0.465 e. The molecule has 4 heterocycles. The molecule has 4 aromatic rings. The maximum absolute atomic E-state index is 13.7. The second kappa shape index (κ2) is 20.2. The molecule has 2 aromatic heterocycles. The van der Waals surface area contributed by atoms with Crippen molar-refractivity contribution in [3.63, 3.8) is 0 Å². The molecule has 0 saturated carbocycles. The summed E-state index contributed by atoms with van der Waals surface area (Å²) >= 11 is 0. The van der Waals surface area contributed by atoms with E-state index in [1.807, 2.05) is 54.7 Å². The fraction of sp³-hybridized carbons (Fsp3) is 0.488. The molecule has 6 rings (SSSR count). The molecule has 328 valence electrons. The van der Waals surface area contributed by atoms with E-state index in [9.17, 15) is 24.3 Å². The Bertz CT molecular complexity index is 2120. The van der Waals surface area contributed by atoms with E-state index in [1.165, 1.54) is 21.3 Å². The Balaban J connectivity index is 1.19. The molecule has 0 bridgehead atoms. The summed E-state index contributed by atoms with van der Waals surface area (Å²) in [6.45, 7) is 4.35. The Morgan fingerprint density at radius 2 is 1.23 bits per heavy atom. The van der Waals surface area contributed by atoms with Gasteiger partial charge in [-0.3, -0.25) is 9.59 Å². The summed E-state index contributed by atoms with van der Waals surface area (Å²) in [5.74, 6) is 0.617. The van der Waals surface area contributed by atoms with Crippen LogP contribution in [0.15, 0.2) is 54.7 Å². The zero-order valence-electron chi connectivity index (χ0n) is 35.6. The summed E-state index contributed by atoms with van der Waals surface area (Å²) in [5, 5.41) is 14.4. The van der Waals surface area contributed by atoms with Gasteiger partial charge in [0.25, 0.3) is 0 Å². The molecule has 18 nitrogen and oxygen atoms in total. The zero-order chi connectivity index (χ0) is 43.8. The number of ether oxygens (including phenoxy) is 5. The first kappa shape index (κ1) is 44.7. The van der Waals surface area contributed by atoms with Gasteiger partial charge in [-0.15, -0.1) is 0 Å². The highest BCUT2D eigenvalue weighted by molar-refractivity contribution is 5.87. The van der Waals surface area contributed by atoms with Gasteiger partial charge in [0, 0.05) is 59.7 Å². The van der Waals surface area contributed by atoms with Crippen LogP contribution in [0.2, 0.25) is 0 Å². The quantitative estimate of drug-likeness (QED) is 0.0882. The third-order valence-electron chi connectivity index (χ3n) is 11.6. The topological polar surface area (TPSA) is 223 Å². The molecule has 0 spiro atoms. The summed E-state index contributed by atoms with van der Waals surface area (Å²) in [5.41, 5.74) is 5.97. The molecule has 2 aliphatic heterocycles. The van der Waals surface area contributed by atoms with Crippen molar-refractivity contribution in [3.05, 3.63) is 72.1 Å². The van der Waals surface area contributed by atoms with Gasteiger partial charge in [0.1, 0.15) is 23.7 Å². The number of imidazole rings is 2. The number of rotatable bonds is 17. The summed E-state index contributed by atoms with van der Waals surface area (Å²) in [6, 6.07) is 13.5. The lowest BCUT2D eigenvalue weighted by Crippen LogP contribution is -2.54. The highest BCUT2D eigenvalue weighted by atomic mass is 16.7. The molecule has 0 aliphatic carbocycles. The first-order valence-corrected chi connectivity index (χ1v) is 20.3. The summed E-state index contributed by atoms with van der Waals surface area (Å²) in [4.78, 5) is 71.1. The number of alkyl carbamates (subject to hydrolysis) is 1. The number of amides is 4. The fourth-order valence-corrected chi connectivity index (χ4v) is 8.05. The van der Waals surface area contributed by atoms with Crippen molar-refractivity contribution in [2.75, 3.05) is 48.6 Å². The van der Waals surface area contributed by atoms with Crippen molar-refractivity contribution in [3.8, 4) is 33.6 Å². The SMILES string of the molecule is COC(=O)N[C@H](C(=O)N1CCC[C@H]1c1nc(-c2ccc(-c3ccc(-c4[nH]c([C@@H]5CCCN5C(=O)[C@@H](NC(=O)O)[C@@H](C)OC)nc4CC(OC)OC)cc3)cc2)c[nH]1)[C@@H](C)OC. The number of hydrogen-bond acceptors (Lipinski definition) is 11. The van der Waals surface area contributed by atoms with Crippen LogP contribution in [-0.4, -0.2) is 138 Å². The van der Waals surface area contributed by atoms with Crippen LogP contribution in [0.3, 0.4) is 0 Å². The van der Waals surface area contributed by atoms with Gasteiger partial charge in [-0.2, -0.15) is 0 Å². The number of carbonyl (C=O) groups is 4. The van der Waals surface area contributed by atoms with E-state index in [-0.39, 0.29) is 17.9 Å². The van der Waals surface area contributed by atoms with Gasteiger partial charge in [0.2, 0.25) is 11.8 Å². The number of H-pyrrole nitrogens is 2. The first-order chi connectivity index (χ1) is 29.4. The third kappa shape index (κ3) is 10.0. The van der Waals surface area contributed by atoms with Crippen LogP contribution in [0.1, 0.15) is 69.0 Å². The maximum atomic E-state index is 13.7. The van der Waals surface area contributed by atoms with Gasteiger partial charge < -0.3 is 59.2 Å². The minimum Gasteiger partial charge on any atom is -0.465 e. The third-order valence-corrected chi connectivity index (χ3v) is 11.6. The highest BCUT2D eigenvalue weighted by Crippen LogP contribution is 2.36. The smallest absolute Gasteiger partial charge is 0.407 e. The molecular formula is C43H56N8O10. The molecule has 18 heteroatoms. The molecule has 2 aromatic carbocycles. The fourth-order valence-electron chi connectivity index (χ4n) is 8.05. The average Bonchev–Trinajstić information content (AvgIpc) is 4.12.